The number of ether oxygens (including phenoxy) is 2. The Morgan fingerprint density at radius 3 is 2.47 bits per heavy atom. The molecule has 1 aliphatic rings. The largest absolute Gasteiger partial charge is 0.497 e. The third-order valence-corrected chi connectivity index (χ3v) is 5.56. The van der Waals surface area contributed by atoms with E-state index in [0.29, 0.717) is 12.0 Å². The first kappa shape index (κ1) is 24.7. The fourth-order valence-electron chi connectivity index (χ4n) is 3.81. The molecule has 0 aliphatic carbocycles. The number of rotatable bonds is 7. The molecule has 7 heteroatoms. The highest BCUT2D eigenvalue weighted by Crippen LogP contribution is 2.21. The highest BCUT2D eigenvalue weighted by molar-refractivity contribution is 14.0. The van der Waals surface area contributed by atoms with Crippen molar-refractivity contribution >= 4 is 40.7 Å². The van der Waals surface area contributed by atoms with Crippen LogP contribution in [-0.2, 0) is 11.3 Å². The summed E-state index contributed by atoms with van der Waals surface area (Å²) in [6, 6.07) is 13.1. The van der Waals surface area contributed by atoms with E-state index in [-0.39, 0.29) is 24.0 Å². The van der Waals surface area contributed by atoms with Gasteiger partial charge in [-0.25, -0.2) is 0 Å². The smallest absolute Gasteiger partial charge is 0.191 e. The van der Waals surface area contributed by atoms with Crippen LogP contribution in [0.25, 0.3) is 10.8 Å². The van der Waals surface area contributed by atoms with Crippen molar-refractivity contribution in [2.45, 2.75) is 26.4 Å². The SMILES string of the molecule is CN=C(NCc1ccc2cc(OC)ccc2c1)NCC(C(C)C)N1CCOCC1.I. The molecule has 1 aliphatic heterocycles. The number of hydrogen-bond acceptors (Lipinski definition) is 4. The maximum atomic E-state index is 5.50. The highest BCUT2D eigenvalue weighted by atomic mass is 127. The predicted molar refractivity (Wildman–Crippen MR) is 135 cm³/mol. The Bertz CT molecular complexity index is 822. The van der Waals surface area contributed by atoms with Gasteiger partial charge in [0.1, 0.15) is 5.75 Å². The van der Waals surface area contributed by atoms with Gasteiger partial charge in [-0.3, -0.25) is 9.89 Å². The summed E-state index contributed by atoms with van der Waals surface area (Å²) in [6.07, 6.45) is 0. The fraction of sp³-hybridized carbons (Fsp3) is 0.522. The molecule has 166 valence electrons. The van der Waals surface area contributed by atoms with E-state index in [1.165, 1.54) is 16.3 Å². The highest BCUT2D eigenvalue weighted by Gasteiger charge is 2.23. The van der Waals surface area contributed by atoms with Gasteiger partial charge in [-0.15, -0.1) is 24.0 Å². The van der Waals surface area contributed by atoms with E-state index >= 15 is 0 Å². The van der Waals surface area contributed by atoms with Gasteiger partial charge in [-0.05, 0) is 40.5 Å². The maximum Gasteiger partial charge on any atom is 0.191 e. The minimum absolute atomic E-state index is 0. The Balaban J connectivity index is 0.00000320. The second-order valence-corrected chi connectivity index (χ2v) is 7.81. The normalized spacial score (nSPS) is 16.2. The summed E-state index contributed by atoms with van der Waals surface area (Å²) in [5.41, 5.74) is 1.22. The second kappa shape index (κ2) is 12.3. The Morgan fingerprint density at radius 2 is 1.80 bits per heavy atom. The topological polar surface area (TPSA) is 58.1 Å². The van der Waals surface area contributed by atoms with Crippen molar-refractivity contribution in [3.8, 4) is 5.75 Å². The number of aliphatic imine (C=N–C) groups is 1. The van der Waals surface area contributed by atoms with Gasteiger partial charge in [0.05, 0.1) is 20.3 Å². The quantitative estimate of drug-likeness (QED) is 0.329. The zero-order valence-corrected chi connectivity index (χ0v) is 20.8. The molecule has 30 heavy (non-hydrogen) atoms. The Hall–Kier alpha value is -1.58. The number of benzene rings is 2. The van der Waals surface area contributed by atoms with Gasteiger partial charge >= 0.3 is 0 Å². The van der Waals surface area contributed by atoms with Gasteiger partial charge < -0.3 is 20.1 Å². The van der Waals surface area contributed by atoms with E-state index < -0.39 is 0 Å². The third-order valence-electron chi connectivity index (χ3n) is 5.56. The van der Waals surface area contributed by atoms with Crippen LogP contribution in [-0.4, -0.2) is 63.9 Å². The second-order valence-electron chi connectivity index (χ2n) is 7.81. The summed E-state index contributed by atoms with van der Waals surface area (Å²) < 4.78 is 10.8. The monoisotopic (exact) mass is 526 g/mol. The molecule has 1 saturated heterocycles. The molecule has 0 spiro atoms. The first-order chi connectivity index (χ1) is 14.1. The van der Waals surface area contributed by atoms with Crippen LogP contribution in [0.4, 0.5) is 0 Å². The average molecular weight is 526 g/mol. The minimum Gasteiger partial charge on any atom is -0.497 e. The van der Waals surface area contributed by atoms with Gasteiger partial charge in [0.25, 0.3) is 0 Å². The van der Waals surface area contributed by atoms with Crippen LogP contribution in [0.3, 0.4) is 0 Å². The molecule has 2 aromatic carbocycles. The molecule has 3 rings (SSSR count). The number of halogens is 1. The van der Waals surface area contributed by atoms with Crippen molar-refractivity contribution in [1.82, 2.24) is 15.5 Å². The molecular formula is C23H35IN4O2. The summed E-state index contributed by atoms with van der Waals surface area (Å²) in [4.78, 5) is 6.92. The summed E-state index contributed by atoms with van der Waals surface area (Å²) in [5.74, 6) is 2.28. The predicted octanol–water partition coefficient (Wildman–Crippen LogP) is 3.49. The zero-order chi connectivity index (χ0) is 20.6. The molecule has 2 aromatic rings. The van der Waals surface area contributed by atoms with Gasteiger partial charge in [0.2, 0.25) is 0 Å². The summed E-state index contributed by atoms with van der Waals surface area (Å²) in [5, 5.41) is 9.34. The lowest BCUT2D eigenvalue weighted by molar-refractivity contribution is 0.00752. The molecule has 1 unspecified atom stereocenters. The Kier molecular flexibility index (Phi) is 10.1. The number of hydrogen-bond donors (Lipinski definition) is 2. The average Bonchev–Trinajstić information content (AvgIpc) is 2.76. The molecule has 0 amide bonds. The molecule has 0 saturated carbocycles. The minimum atomic E-state index is 0. The molecule has 1 fully saturated rings. The van der Waals surface area contributed by atoms with Crippen molar-refractivity contribution in [1.29, 1.82) is 0 Å². The first-order valence-electron chi connectivity index (χ1n) is 10.4. The van der Waals surface area contributed by atoms with Crippen LogP contribution in [0, 0.1) is 5.92 Å². The zero-order valence-electron chi connectivity index (χ0n) is 18.5. The van der Waals surface area contributed by atoms with Gasteiger partial charge in [-0.2, -0.15) is 0 Å². The van der Waals surface area contributed by atoms with Crippen LogP contribution < -0.4 is 15.4 Å². The van der Waals surface area contributed by atoms with Gasteiger partial charge in [0, 0.05) is 39.3 Å². The molecule has 0 radical (unpaired) electrons. The van der Waals surface area contributed by atoms with Crippen molar-refractivity contribution in [3.63, 3.8) is 0 Å². The number of nitrogens with one attached hydrogen (secondary N) is 2. The number of fused-ring (bicyclic) bond motifs is 1. The number of guanidine groups is 1. The lowest BCUT2D eigenvalue weighted by Crippen LogP contribution is -2.52. The Morgan fingerprint density at radius 1 is 1.10 bits per heavy atom. The number of morpholine rings is 1. The summed E-state index contributed by atoms with van der Waals surface area (Å²) in [7, 11) is 3.52. The molecule has 0 bridgehead atoms. The molecule has 6 nitrogen and oxygen atoms in total. The van der Waals surface area contributed by atoms with Crippen LogP contribution >= 0.6 is 24.0 Å². The number of methoxy groups -OCH3 is 1. The van der Waals surface area contributed by atoms with Crippen molar-refractivity contribution in [2.24, 2.45) is 10.9 Å². The van der Waals surface area contributed by atoms with E-state index in [0.717, 1.165) is 51.1 Å². The lowest BCUT2D eigenvalue weighted by atomic mass is 10.0. The summed E-state index contributed by atoms with van der Waals surface area (Å²) in [6.45, 7) is 9.80. The van der Waals surface area contributed by atoms with Gasteiger partial charge in [-0.1, -0.05) is 32.0 Å². The summed E-state index contributed by atoms with van der Waals surface area (Å²) >= 11 is 0. The van der Waals surface area contributed by atoms with Crippen LogP contribution in [0.15, 0.2) is 41.4 Å². The van der Waals surface area contributed by atoms with E-state index in [1.807, 2.05) is 13.1 Å². The molecule has 1 atom stereocenters. The van der Waals surface area contributed by atoms with Crippen molar-refractivity contribution in [3.05, 3.63) is 42.0 Å². The van der Waals surface area contributed by atoms with E-state index in [4.69, 9.17) is 9.47 Å². The molecule has 1 heterocycles. The van der Waals surface area contributed by atoms with Crippen LogP contribution in [0.2, 0.25) is 0 Å². The Labute approximate surface area is 197 Å². The number of nitrogens with zero attached hydrogens (tertiary/aromatic N) is 2. The van der Waals surface area contributed by atoms with Crippen LogP contribution in [0.1, 0.15) is 19.4 Å². The van der Waals surface area contributed by atoms with Crippen molar-refractivity contribution < 1.29 is 9.47 Å². The van der Waals surface area contributed by atoms with Crippen molar-refractivity contribution in [2.75, 3.05) is 47.0 Å². The first-order valence-corrected chi connectivity index (χ1v) is 10.4. The molecular weight excluding hydrogens is 491 g/mol. The fourth-order valence-corrected chi connectivity index (χ4v) is 3.81. The maximum absolute atomic E-state index is 5.50. The van der Waals surface area contributed by atoms with E-state index in [9.17, 15) is 0 Å². The van der Waals surface area contributed by atoms with Gasteiger partial charge in [0.15, 0.2) is 5.96 Å². The third kappa shape index (κ3) is 6.72. The lowest BCUT2D eigenvalue weighted by Gasteiger charge is -2.37. The standard InChI is InChI=1S/C23H34N4O2.HI/c1-17(2)22(27-9-11-29-12-10-27)16-26-23(24-3)25-15-18-5-6-20-14-21(28-4)8-7-19(20)13-18;/h5-8,13-14,17,22H,9-12,15-16H2,1-4H3,(H2,24,25,26);1H. The molecule has 2 N–H and O–H groups in total. The van der Waals surface area contributed by atoms with E-state index in [1.54, 1.807) is 7.11 Å². The van der Waals surface area contributed by atoms with Crippen LogP contribution in [0.5, 0.6) is 5.75 Å². The molecule has 0 aromatic heterocycles. The van der Waals surface area contributed by atoms with E-state index in [2.05, 4.69) is 64.7 Å².